The maximum absolute atomic E-state index is 13.3. The third kappa shape index (κ3) is 6.48. The number of ether oxygens (including phenoxy) is 2. The van der Waals surface area contributed by atoms with Gasteiger partial charge >= 0.3 is 0 Å². The Kier molecular flexibility index (Phi) is 8.61. The molecule has 0 bridgehead atoms. The summed E-state index contributed by atoms with van der Waals surface area (Å²) in [6.07, 6.45) is 1.55. The summed E-state index contributed by atoms with van der Waals surface area (Å²) >= 11 is 12.9. The van der Waals surface area contributed by atoms with E-state index in [1.165, 1.54) is 19.2 Å². The number of nitrogens with one attached hydrogen (secondary N) is 1. The lowest BCUT2D eigenvalue weighted by Crippen LogP contribution is -2.27. The van der Waals surface area contributed by atoms with Crippen molar-refractivity contribution in [3.05, 3.63) is 92.1 Å². The number of amides is 3. The second-order valence-electron chi connectivity index (χ2n) is 8.21. The van der Waals surface area contributed by atoms with Crippen LogP contribution in [0.5, 0.6) is 11.5 Å². The standard InChI is InChI=1S/C27H21Cl2FN2O5S/c1-15-3-7-19(12-20(15)28)31-25(33)14-37-22-8-4-16(9-23(22)36-2)10-24-26(34)32(27(35)38-24)13-17-5-6-18(30)11-21(17)29/h3-12H,13-14H2,1-2H3,(H,31,33)/b24-10-. The van der Waals surface area contributed by atoms with Crippen LogP contribution < -0.4 is 14.8 Å². The first-order valence-electron chi connectivity index (χ1n) is 11.2. The SMILES string of the molecule is COc1cc(/C=C2\SC(=O)N(Cc3ccc(F)cc3Cl)C2=O)ccc1OCC(=O)Nc1ccc(C)c(Cl)c1. The molecule has 1 N–H and O–H groups in total. The number of thioether (sulfide) groups is 1. The van der Waals surface area contributed by atoms with Crippen LogP contribution in [-0.4, -0.2) is 35.7 Å². The van der Waals surface area contributed by atoms with Crippen molar-refractivity contribution < 1.29 is 28.2 Å². The highest BCUT2D eigenvalue weighted by atomic mass is 35.5. The Labute approximate surface area is 232 Å². The van der Waals surface area contributed by atoms with E-state index in [1.807, 2.05) is 6.92 Å². The molecule has 0 spiro atoms. The second kappa shape index (κ2) is 11.9. The number of carbonyl (C=O) groups excluding carboxylic acids is 3. The number of benzene rings is 3. The lowest BCUT2D eigenvalue weighted by Gasteiger charge is -2.13. The van der Waals surface area contributed by atoms with Crippen LogP contribution in [0.4, 0.5) is 14.9 Å². The van der Waals surface area contributed by atoms with E-state index < -0.39 is 17.0 Å². The molecule has 3 aromatic rings. The molecule has 1 aliphatic heterocycles. The Morgan fingerprint density at radius 1 is 1.05 bits per heavy atom. The van der Waals surface area contributed by atoms with Gasteiger partial charge < -0.3 is 14.8 Å². The van der Waals surface area contributed by atoms with E-state index in [4.69, 9.17) is 32.7 Å². The van der Waals surface area contributed by atoms with Crippen LogP contribution in [-0.2, 0) is 16.1 Å². The molecule has 38 heavy (non-hydrogen) atoms. The summed E-state index contributed by atoms with van der Waals surface area (Å²) in [5.74, 6) is -0.729. The predicted octanol–water partition coefficient (Wildman–Crippen LogP) is 6.70. The third-order valence-corrected chi connectivity index (χ3v) is 7.18. The van der Waals surface area contributed by atoms with Crippen LogP contribution in [0.2, 0.25) is 10.0 Å². The number of anilines is 1. The maximum atomic E-state index is 13.3. The van der Waals surface area contributed by atoms with E-state index in [0.717, 1.165) is 28.3 Å². The van der Waals surface area contributed by atoms with Crippen LogP contribution in [0.25, 0.3) is 6.08 Å². The van der Waals surface area contributed by atoms with E-state index in [-0.39, 0.29) is 29.0 Å². The fourth-order valence-corrected chi connectivity index (χ4v) is 4.76. The maximum Gasteiger partial charge on any atom is 0.293 e. The number of aryl methyl sites for hydroxylation is 1. The van der Waals surface area contributed by atoms with Crippen molar-refractivity contribution in [2.45, 2.75) is 13.5 Å². The molecule has 11 heteroatoms. The quantitative estimate of drug-likeness (QED) is 0.301. The predicted molar refractivity (Wildman–Crippen MR) is 146 cm³/mol. The first-order chi connectivity index (χ1) is 18.1. The summed E-state index contributed by atoms with van der Waals surface area (Å²) in [6, 6.07) is 13.9. The zero-order valence-corrected chi connectivity index (χ0v) is 22.5. The normalized spacial score (nSPS) is 14.2. The Bertz CT molecular complexity index is 1460. The van der Waals surface area contributed by atoms with Crippen molar-refractivity contribution in [1.29, 1.82) is 0 Å². The topological polar surface area (TPSA) is 84.9 Å². The van der Waals surface area contributed by atoms with Gasteiger partial charge in [-0.05, 0) is 77.9 Å². The van der Waals surface area contributed by atoms with Gasteiger partial charge in [0.15, 0.2) is 18.1 Å². The smallest absolute Gasteiger partial charge is 0.293 e. The van der Waals surface area contributed by atoms with Crippen molar-refractivity contribution in [2.24, 2.45) is 0 Å². The Hall–Kier alpha value is -3.53. The first kappa shape index (κ1) is 27.5. The second-order valence-corrected chi connectivity index (χ2v) is 10.0. The van der Waals surface area contributed by atoms with E-state index in [9.17, 15) is 18.8 Å². The summed E-state index contributed by atoms with van der Waals surface area (Å²) in [5.41, 5.74) is 2.48. The van der Waals surface area contributed by atoms with Crippen LogP contribution in [0, 0.1) is 12.7 Å². The fraction of sp³-hybridized carbons (Fsp3) is 0.148. The largest absolute Gasteiger partial charge is 0.493 e. The van der Waals surface area contributed by atoms with Gasteiger partial charge in [-0.25, -0.2) is 4.39 Å². The molecule has 0 saturated carbocycles. The van der Waals surface area contributed by atoms with Crippen molar-refractivity contribution >= 4 is 63.8 Å². The number of hydrogen-bond donors (Lipinski definition) is 1. The summed E-state index contributed by atoms with van der Waals surface area (Å²) in [6.45, 7) is 1.52. The molecule has 4 rings (SSSR count). The van der Waals surface area contributed by atoms with E-state index in [0.29, 0.717) is 33.3 Å². The van der Waals surface area contributed by atoms with Gasteiger partial charge in [0.1, 0.15) is 5.82 Å². The number of imide groups is 1. The molecular formula is C27H21Cl2FN2O5S. The minimum Gasteiger partial charge on any atom is -0.493 e. The number of methoxy groups -OCH3 is 1. The highest BCUT2D eigenvalue weighted by Gasteiger charge is 2.35. The Morgan fingerprint density at radius 2 is 1.84 bits per heavy atom. The van der Waals surface area contributed by atoms with Gasteiger partial charge in [0, 0.05) is 15.7 Å². The van der Waals surface area contributed by atoms with Crippen molar-refractivity contribution in [3.63, 3.8) is 0 Å². The first-order valence-corrected chi connectivity index (χ1v) is 12.8. The van der Waals surface area contributed by atoms with Crippen LogP contribution in [0.1, 0.15) is 16.7 Å². The van der Waals surface area contributed by atoms with Gasteiger partial charge in [-0.1, -0.05) is 41.4 Å². The van der Waals surface area contributed by atoms with Gasteiger partial charge in [-0.3, -0.25) is 19.3 Å². The average Bonchev–Trinajstić information content (AvgIpc) is 3.14. The van der Waals surface area contributed by atoms with Crippen molar-refractivity contribution in [3.8, 4) is 11.5 Å². The molecule has 0 aliphatic carbocycles. The zero-order valence-electron chi connectivity index (χ0n) is 20.2. The molecule has 1 saturated heterocycles. The number of nitrogens with zero attached hydrogens (tertiary/aromatic N) is 1. The highest BCUT2D eigenvalue weighted by molar-refractivity contribution is 8.18. The number of rotatable bonds is 8. The Morgan fingerprint density at radius 3 is 2.55 bits per heavy atom. The molecule has 1 heterocycles. The number of hydrogen-bond acceptors (Lipinski definition) is 6. The van der Waals surface area contributed by atoms with E-state index in [2.05, 4.69) is 5.32 Å². The third-order valence-electron chi connectivity index (χ3n) is 5.52. The van der Waals surface area contributed by atoms with Gasteiger partial charge in [0.25, 0.3) is 17.1 Å². The number of halogens is 3. The Balaban J connectivity index is 1.42. The number of carbonyl (C=O) groups is 3. The van der Waals surface area contributed by atoms with E-state index in [1.54, 1.807) is 42.5 Å². The molecule has 196 valence electrons. The minimum atomic E-state index is -0.508. The molecule has 7 nitrogen and oxygen atoms in total. The van der Waals surface area contributed by atoms with Crippen LogP contribution in [0.15, 0.2) is 59.5 Å². The van der Waals surface area contributed by atoms with Crippen LogP contribution >= 0.6 is 35.0 Å². The molecule has 0 unspecified atom stereocenters. The molecule has 0 atom stereocenters. The molecule has 1 fully saturated rings. The van der Waals surface area contributed by atoms with Gasteiger partial charge in [0.2, 0.25) is 0 Å². The lowest BCUT2D eigenvalue weighted by atomic mass is 10.1. The molecule has 3 aromatic carbocycles. The summed E-state index contributed by atoms with van der Waals surface area (Å²) in [7, 11) is 1.45. The average molecular weight is 575 g/mol. The molecule has 3 amide bonds. The van der Waals surface area contributed by atoms with Crippen molar-refractivity contribution in [1.82, 2.24) is 4.90 Å². The fourth-order valence-electron chi connectivity index (χ4n) is 3.51. The van der Waals surface area contributed by atoms with Gasteiger partial charge in [0.05, 0.1) is 18.6 Å². The zero-order chi connectivity index (χ0) is 27.4. The molecule has 0 radical (unpaired) electrons. The minimum absolute atomic E-state index is 0.0753. The summed E-state index contributed by atoms with van der Waals surface area (Å²) in [4.78, 5) is 38.9. The molecule has 0 aromatic heterocycles. The monoisotopic (exact) mass is 574 g/mol. The molecular weight excluding hydrogens is 554 g/mol. The van der Waals surface area contributed by atoms with E-state index >= 15 is 0 Å². The lowest BCUT2D eigenvalue weighted by molar-refractivity contribution is -0.123. The van der Waals surface area contributed by atoms with Crippen LogP contribution in [0.3, 0.4) is 0 Å². The van der Waals surface area contributed by atoms with Crippen molar-refractivity contribution in [2.75, 3.05) is 19.0 Å². The van der Waals surface area contributed by atoms with Gasteiger partial charge in [-0.2, -0.15) is 0 Å². The summed E-state index contributed by atoms with van der Waals surface area (Å²) < 4.78 is 24.3. The highest BCUT2D eigenvalue weighted by Crippen LogP contribution is 2.36. The van der Waals surface area contributed by atoms with Gasteiger partial charge in [-0.15, -0.1) is 0 Å². The molecule has 1 aliphatic rings. The summed E-state index contributed by atoms with van der Waals surface area (Å²) in [5, 5.41) is 2.92.